The lowest BCUT2D eigenvalue weighted by Gasteiger charge is -2.14. The summed E-state index contributed by atoms with van der Waals surface area (Å²) in [6.45, 7) is 2.02. The topological polar surface area (TPSA) is 38.2 Å². The molecular formula is C17H19Cl2N3O. The molecule has 0 spiro atoms. The highest BCUT2D eigenvalue weighted by atomic mass is 35.5. The van der Waals surface area contributed by atoms with Crippen LogP contribution >= 0.6 is 24.0 Å². The fraction of sp³-hybridized carbons (Fsp3) is 0.294. The zero-order valence-electron chi connectivity index (χ0n) is 12.9. The second kappa shape index (κ2) is 8.29. The Morgan fingerprint density at radius 2 is 2.09 bits per heavy atom. The summed E-state index contributed by atoms with van der Waals surface area (Å²) in [5.74, 6) is 0.763. The molecule has 0 radical (unpaired) electrons. The summed E-state index contributed by atoms with van der Waals surface area (Å²) in [4.78, 5) is 10.5. The van der Waals surface area contributed by atoms with Gasteiger partial charge in [0, 0.05) is 31.0 Å². The molecule has 3 rings (SSSR count). The molecule has 0 bridgehead atoms. The summed E-state index contributed by atoms with van der Waals surface area (Å²) < 4.78 is 5.99. The largest absolute Gasteiger partial charge is 0.487 e. The molecular weight excluding hydrogens is 333 g/mol. The molecule has 1 aliphatic rings. The van der Waals surface area contributed by atoms with Crippen LogP contribution < -0.4 is 4.74 Å². The summed E-state index contributed by atoms with van der Waals surface area (Å²) in [5.41, 5.74) is 1.91. The number of hydrogen-bond donors (Lipinski definition) is 0. The van der Waals surface area contributed by atoms with Crippen molar-refractivity contribution in [2.45, 2.75) is 12.5 Å². The lowest BCUT2D eigenvalue weighted by Crippen LogP contribution is -2.21. The Bertz CT molecular complexity index is 664. The van der Waals surface area contributed by atoms with Gasteiger partial charge in [-0.3, -0.25) is 4.98 Å². The first kappa shape index (κ1) is 17.7. The van der Waals surface area contributed by atoms with E-state index < -0.39 is 0 Å². The van der Waals surface area contributed by atoms with E-state index in [-0.39, 0.29) is 18.5 Å². The molecule has 0 unspecified atom stereocenters. The molecule has 2 aromatic rings. The predicted octanol–water partition coefficient (Wildman–Crippen LogP) is 3.81. The van der Waals surface area contributed by atoms with E-state index >= 15 is 0 Å². The molecule has 0 aliphatic carbocycles. The molecule has 6 heteroatoms. The number of rotatable bonds is 4. The third-order valence-electron chi connectivity index (χ3n) is 3.65. The minimum atomic E-state index is 0. The minimum Gasteiger partial charge on any atom is -0.487 e. The Labute approximate surface area is 147 Å². The highest BCUT2D eigenvalue weighted by Gasteiger charge is 2.21. The summed E-state index contributed by atoms with van der Waals surface area (Å²) in [7, 11) is 2.10. The zero-order chi connectivity index (χ0) is 15.4. The number of hydrogen-bond acceptors (Lipinski definition) is 4. The summed E-state index contributed by atoms with van der Waals surface area (Å²) in [6.07, 6.45) is 10.4. The van der Waals surface area contributed by atoms with Crippen LogP contribution in [0, 0.1) is 0 Å². The number of halogens is 2. The van der Waals surface area contributed by atoms with Gasteiger partial charge >= 0.3 is 0 Å². The van der Waals surface area contributed by atoms with Crippen LogP contribution in [-0.2, 0) is 0 Å². The summed E-state index contributed by atoms with van der Waals surface area (Å²) >= 11 is 6.16. The van der Waals surface area contributed by atoms with Gasteiger partial charge in [-0.15, -0.1) is 12.4 Å². The van der Waals surface area contributed by atoms with Crippen LogP contribution in [-0.4, -0.2) is 41.1 Å². The van der Waals surface area contributed by atoms with Crippen LogP contribution in [0.15, 0.2) is 36.8 Å². The van der Waals surface area contributed by atoms with Crippen LogP contribution in [0.4, 0.5) is 0 Å². The Balaban J connectivity index is 0.00000192. The third-order valence-corrected chi connectivity index (χ3v) is 3.97. The molecule has 2 aromatic heterocycles. The van der Waals surface area contributed by atoms with Gasteiger partial charge in [-0.25, -0.2) is 4.98 Å². The smallest absolute Gasteiger partial charge is 0.138 e. The van der Waals surface area contributed by atoms with Crippen molar-refractivity contribution in [1.29, 1.82) is 0 Å². The van der Waals surface area contributed by atoms with Crippen LogP contribution in [0.2, 0.25) is 5.15 Å². The number of nitrogens with zero attached hydrogens (tertiary/aromatic N) is 3. The molecule has 0 saturated carbocycles. The maximum absolute atomic E-state index is 6.16. The molecule has 1 saturated heterocycles. The number of pyridine rings is 2. The molecule has 0 aromatic carbocycles. The van der Waals surface area contributed by atoms with Gasteiger partial charge in [-0.05, 0) is 37.2 Å². The van der Waals surface area contributed by atoms with E-state index in [1.54, 1.807) is 18.6 Å². The van der Waals surface area contributed by atoms with Gasteiger partial charge in [-0.1, -0.05) is 23.8 Å². The monoisotopic (exact) mass is 351 g/mol. The lowest BCUT2D eigenvalue weighted by atomic mass is 10.2. The fourth-order valence-corrected chi connectivity index (χ4v) is 2.64. The van der Waals surface area contributed by atoms with Crippen molar-refractivity contribution in [3.63, 3.8) is 0 Å². The van der Waals surface area contributed by atoms with Crippen LogP contribution in [0.1, 0.15) is 17.5 Å². The van der Waals surface area contributed by atoms with Crippen molar-refractivity contribution >= 4 is 36.2 Å². The van der Waals surface area contributed by atoms with Crippen LogP contribution in [0.5, 0.6) is 5.75 Å². The number of ether oxygens (including phenoxy) is 1. The van der Waals surface area contributed by atoms with E-state index in [0.717, 1.165) is 36.4 Å². The molecule has 0 amide bonds. The molecule has 23 heavy (non-hydrogen) atoms. The van der Waals surface area contributed by atoms with Gasteiger partial charge in [-0.2, -0.15) is 0 Å². The normalized spacial score (nSPS) is 18.1. The summed E-state index contributed by atoms with van der Waals surface area (Å²) in [5, 5.41) is 0.473. The molecule has 1 fully saturated rings. The van der Waals surface area contributed by atoms with Gasteiger partial charge < -0.3 is 9.64 Å². The Kier molecular flexibility index (Phi) is 6.39. The van der Waals surface area contributed by atoms with Crippen molar-refractivity contribution < 1.29 is 4.74 Å². The van der Waals surface area contributed by atoms with E-state index in [0.29, 0.717) is 5.15 Å². The van der Waals surface area contributed by atoms with E-state index in [1.165, 1.54) is 0 Å². The number of likely N-dealkylation sites (N-methyl/N-ethyl adjacent to an activating group) is 1. The summed E-state index contributed by atoms with van der Waals surface area (Å²) in [6, 6.07) is 5.81. The Hall–Kier alpha value is -1.62. The van der Waals surface area contributed by atoms with Gasteiger partial charge in [0.15, 0.2) is 0 Å². The first-order valence-electron chi connectivity index (χ1n) is 7.29. The average molecular weight is 352 g/mol. The van der Waals surface area contributed by atoms with E-state index in [9.17, 15) is 0 Å². The van der Waals surface area contributed by atoms with Crippen molar-refractivity contribution in [2.24, 2.45) is 0 Å². The highest BCUT2D eigenvalue weighted by molar-refractivity contribution is 6.31. The number of likely N-dealkylation sites (tertiary alicyclic amines) is 1. The van der Waals surface area contributed by atoms with Gasteiger partial charge in [0.05, 0.1) is 6.20 Å². The Morgan fingerprint density at radius 1 is 1.30 bits per heavy atom. The molecule has 1 aliphatic heterocycles. The van der Waals surface area contributed by atoms with Crippen LogP contribution in [0.3, 0.4) is 0 Å². The van der Waals surface area contributed by atoms with E-state index in [2.05, 4.69) is 21.9 Å². The second-order valence-corrected chi connectivity index (χ2v) is 5.81. The van der Waals surface area contributed by atoms with E-state index in [1.807, 2.05) is 30.4 Å². The average Bonchev–Trinajstić information content (AvgIpc) is 2.94. The first-order valence-corrected chi connectivity index (χ1v) is 7.67. The Morgan fingerprint density at radius 3 is 2.78 bits per heavy atom. The fourth-order valence-electron chi connectivity index (χ4n) is 2.47. The van der Waals surface area contributed by atoms with Crippen LogP contribution in [0.25, 0.3) is 12.2 Å². The van der Waals surface area contributed by atoms with Gasteiger partial charge in [0.1, 0.15) is 17.0 Å². The second-order valence-electron chi connectivity index (χ2n) is 5.46. The molecule has 1 atom stereocenters. The zero-order valence-corrected chi connectivity index (χ0v) is 14.4. The maximum Gasteiger partial charge on any atom is 0.138 e. The van der Waals surface area contributed by atoms with Gasteiger partial charge in [0.25, 0.3) is 0 Å². The predicted molar refractivity (Wildman–Crippen MR) is 96.2 cm³/mol. The van der Waals surface area contributed by atoms with Crippen molar-refractivity contribution in [1.82, 2.24) is 14.9 Å². The highest BCUT2D eigenvalue weighted by Crippen LogP contribution is 2.23. The van der Waals surface area contributed by atoms with Crippen molar-refractivity contribution in [3.8, 4) is 5.75 Å². The minimum absolute atomic E-state index is 0. The molecule has 4 nitrogen and oxygen atoms in total. The molecule has 3 heterocycles. The van der Waals surface area contributed by atoms with Crippen molar-refractivity contribution in [2.75, 3.05) is 20.1 Å². The third kappa shape index (κ3) is 4.93. The quantitative estimate of drug-likeness (QED) is 0.785. The molecule has 122 valence electrons. The van der Waals surface area contributed by atoms with E-state index in [4.69, 9.17) is 16.3 Å². The number of aromatic nitrogens is 2. The SMILES string of the molecule is CN1CC[C@H](Oc2cnc(Cl)c(C=Cc3ccncc3)c2)C1.Cl. The lowest BCUT2D eigenvalue weighted by molar-refractivity contribution is 0.207. The first-order chi connectivity index (χ1) is 10.7. The van der Waals surface area contributed by atoms with Crippen molar-refractivity contribution in [3.05, 3.63) is 53.1 Å². The molecule has 0 N–H and O–H groups in total. The maximum atomic E-state index is 6.16. The van der Waals surface area contributed by atoms with Gasteiger partial charge in [0.2, 0.25) is 0 Å². The standard InChI is InChI=1S/C17H18ClN3O.ClH/c1-21-9-6-15(12-21)22-16-10-14(17(18)20-11-16)3-2-13-4-7-19-8-5-13;/h2-5,7-8,10-11,15H,6,9,12H2,1H3;1H/t15-;/m0./s1.